The van der Waals surface area contributed by atoms with Crippen LogP contribution in [0, 0.1) is 17.1 Å². The molecule has 0 aliphatic heterocycles. The van der Waals surface area contributed by atoms with E-state index >= 15 is 0 Å². The van der Waals surface area contributed by atoms with Gasteiger partial charge in [0.05, 0.1) is 26.2 Å². The highest BCUT2D eigenvalue weighted by atomic mass is 35.5. The zero-order valence-electron chi connectivity index (χ0n) is 9.17. The molecule has 0 fully saturated rings. The van der Waals surface area contributed by atoms with Crippen LogP contribution in [0.5, 0.6) is 11.5 Å². The van der Waals surface area contributed by atoms with Crippen molar-refractivity contribution in [2.45, 2.75) is 12.8 Å². The Labute approximate surface area is 98.3 Å². The number of halogens is 2. The van der Waals surface area contributed by atoms with Crippen LogP contribution < -0.4 is 9.47 Å². The van der Waals surface area contributed by atoms with Crippen molar-refractivity contribution >= 4 is 11.6 Å². The summed E-state index contributed by atoms with van der Waals surface area (Å²) in [5, 5.41) is 8.66. The summed E-state index contributed by atoms with van der Waals surface area (Å²) in [6.45, 7) is 1.57. The van der Waals surface area contributed by atoms with Crippen LogP contribution in [0.25, 0.3) is 0 Å². The minimum absolute atomic E-state index is 0.139. The Morgan fingerprint density at radius 3 is 2.38 bits per heavy atom. The summed E-state index contributed by atoms with van der Waals surface area (Å²) in [6.07, 6.45) is 0. The second kappa shape index (κ2) is 5.04. The number of rotatable bonds is 3. The SMILES string of the molecule is COc1cc(OC)c(C(C)C#N)c(F)c1Cl. The molecule has 5 heteroatoms. The molecule has 0 heterocycles. The molecule has 3 nitrogen and oxygen atoms in total. The highest BCUT2D eigenvalue weighted by Gasteiger charge is 2.22. The zero-order chi connectivity index (χ0) is 12.3. The molecule has 1 atom stereocenters. The van der Waals surface area contributed by atoms with Gasteiger partial charge in [-0.25, -0.2) is 4.39 Å². The monoisotopic (exact) mass is 243 g/mol. The first-order valence-corrected chi connectivity index (χ1v) is 4.94. The summed E-state index contributed by atoms with van der Waals surface area (Å²) in [5.74, 6) is -0.872. The standard InChI is InChI=1S/C11H11ClFNO2/c1-6(5-14)9-7(15-2)4-8(16-3)10(12)11(9)13/h4,6H,1-3H3. The molecular weight excluding hydrogens is 233 g/mol. The Hall–Kier alpha value is -1.47. The Morgan fingerprint density at radius 2 is 1.94 bits per heavy atom. The van der Waals surface area contributed by atoms with E-state index in [1.165, 1.54) is 20.3 Å². The van der Waals surface area contributed by atoms with Crippen LogP contribution in [-0.2, 0) is 0 Å². The molecule has 0 spiro atoms. The molecule has 1 aromatic carbocycles. The lowest BCUT2D eigenvalue weighted by atomic mass is 10.0. The summed E-state index contributed by atoms with van der Waals surface area (Å²) in [4.78, 5) is 0. The number of hydrogen-bond donors (Lipinski definition) is 0. The first-order chi connectivity index (χ1) is 7.56. The molecule has 0 amide bonds. The van der Waals surface area contributed by atoms with Gasteiger partial charge in [0.1, 0.15) is 16.5 Å². The van der Waals surface area contributed by atoms with Gasteiger partial charge in [-0.1, -0.05) is 11.6 Å². The highest BCUT2D eigenvalue weighted by Crippen LogP contribution is 2.39. The van der Waals surface area contributed by atoms with E-state index in [1.54, 1.807) is 6.92 Å². The van der Waals surface area contributed by atoms with Gasteiger partial charge in [-0.05, 0) is 6.92 Å². The predicted octanol–water partition coefficient (Wildman–Crippen LogP) is 3.12. The van der Waals surface area contributed by atoms with Crippen LogP contribution >= 0.6 is 11.6 Å². The minimum Gasteiger partial charge on any atom is -0.496 e. The molecule has 0 aromatic heterocycles. The van der Waals surface area contributed by atoms with Crippen molar-refractivity contribution in [3.8, 4) is 17.6 Å². The maximum Gasteiger partial charge on any atom is 0.153 e. The summed E-state index contributed by atoms with van der Waals surface area (Å²) < 4.78 is 23.8. The van der Waals surface area contributed by atoms with Gasteiger partial charge in [0.15, 0.2) is 5.82 Å². The normalized spacial score (nSPS) is 11.8. The minimum atomic E-state index is -0.674. The topological polar surface area (TPSA) is 42.2 Å². The molecule has 0 saturated heterocycles. The predicted molar refractivity (Wildman–Crippen MR) is 58.5 cm³/mol. The number of nitrogens with zero attached hydrogens (tertiary/aromatic N) is 1. The molecule has 1 aromatic rings. The molecule has 0 aliphatic carbocycles. The molecule has 86 valence electrons. The summed E-state index contributed by atoms with van der Waals surface area (Å²) in [7, 11) is 2.78. The van der Waals surface area contributed by atoms with E-state index in [9.17, 15) is 4.39 Å². The van der Waals surface area contributed by atoms with Gasteiger partial charge < -0.3 is 9.47 Å². The van der Waals surface area contributed by atoms with Crippen molar-refractivity contribution in [3.05, 3.63) is 22.5 Å². The van der Waals surface area contributed by atoms with Gasteiger partial charge in [0, 0.05) is 11.6 Å². The first kappa shape index (κ1) is 12.6. The van der Waals surface area contributed by atoms with Gasteiger partial charge >= 0.3 is 0 Å². The molecule has 16 heavy (non-hydrogen) atoms. The zero-order valence-corrected chi connectivity index (χ0v) is 9.93. The van der Waals surface area contributed by atoms with E-state index in [-0.39, 0.29) is 22.1 Å². The third-order valence-corrected chi connectivity index (χ3v) is 2.59. The fourth-order valence-electron chi connectivity index (χ4n) is 1.38. The van der Waals surface area contributed by atoms with E-state index in [0.717, 1.165) is 0 Å². The summed E-state index contributed by atoms with van der Waals surface area (Å²) in [5.41, 5.74) is 0.149. The van der Waals surface area contributed by atoms with Crippen LogP contribution in [0.3, 0.4) is 0 Å². The van der Waals surface area contributed by atoms with E-state index in [0.29, 0.717) is 0 Å². The number of ether oxygens (including phenoxy) is 2. The van der Waals surface area contributed by atoms with Crippen molar-refractivity contribution < 1.29 is 13.9 Å². The molecule has 1 rings (SSSR count). The van der Waals surface area contributed by atoms with Crippen molar-refractivity contribution in [1.29, 1.82) is 5.26 Å². The lowest BCUT2D eigenvalue weighted by Crippen LogP contribution is -2.02. The van der Waals surface area contributed by atoms with E-state index in [4.69, 9.17) is 26.3 Å². The van der Waals surface area contributed by atoms with Gasteiger partial charge in [0.25, 0.3) is 0 Å². The Kier molecular flexibility index (Phi) is 3.97. The first-order valence-electron chi connectivity index (χ1n) is 4.56. The van der Waals surface area contributed by atoms with Gasteiger partial charge in [0.2, 0.25) is 0 Å². The second-order valence-electron chi connectivity index (χ2n) is 3.17. The Balaban J connectivity index is 3.49. The fraction of sp³-hybridized carbons (Fsp3) is 0.364. The summed E-state index contributed by atoms with van der Waals surface area (Å²) >= 11 is 5.76. The summed E-state index contributed by atoms with van der Waals surface area (Å²) in [6, 6.07) is 3.41. The van der Waals surface area contributed by atoms with E-state index < -0.39 is 11.7 Å². The molecule has 0 radical (unpaired) electrons. The van der Waals surface area contributed by atoms with E-state index in [2.05, 4.69) is 0 Å². The smallest absolute Gasteiger partial charge is 0.153 e. The third kappa shape index (κ3) is 2.05. The Morgan fingerprint density at radius 1 is 1.38 bits per heavy atom. The van der Waals surface area contributed by atoms with Gasteiger partial charge in [-0.2, -0.15) is 5.26 Å². The number of hydrogen-bond acceptors (Lipinski definition) is 3. The van der Waals surface area contributed by atoms with Crippen molar-refractivity contribution in [1.82, 2.24) is 0 Å². The maximum absolute atomic E-state index is 13.9. The molecular formula is C11H11ClFNO2. The quantitative estimate of drug-likeness (QED) is 0.819. The van der Waals surface area contributed by atoms with Crippen LogP contribution in [0.1, 0.15) is 18.4 Å². The van der Waals surface area contributed by atoms with Crippen LogP contribution in [0.2, 0.25) is 5.02 Å². The molecule has 1 unspecified atom stereocenters. The number of nitriles is 1. The second-order valence-corrected chi connectivity index (χ2v) is 3.55. The number of benzene rings is 1. The Bertz CT molecular complexity index is 443. The van der Waals surface area contributed by atoms with Crippen molar-refractivity contribution in [2.24, 2.45) is 0 Å². The lowest BCUT2D eigenvalue weighted by molar-refractivity contribution is 0.383. The lowest BCUT2D eigenvalue weighted by Gasteiger charge is -2.14. The van der Waals surface area contributed by atoms with Crippen molar-refractivity contribution in [2.75, 3.05) is 14.2 Å². The third-order valence-electron chi connectivity index (χ3n) is 2.24. The fourth-order valence-corrected chi connectivity index (χ4v) is 1.61. The number of methoxy groups -OCH3 is 2. The maximum atomic E-state index is 13.9. The average Bonchev–Trinajstić information content (AvgIpc) is 2.31. The van der Waals surface area contributed by atoms with Crippen LogP contribution in [0.15, 0.2) is 6.07 Å². The average molecular weight is 244 g/mol. The van der Waals surface area contributed by atoms with Crippen molar-refractivity contribution in [3.63, 3.8) is 0 Å². The molecule has 0 aliphatic rings. The highest BCUT2D eigenvalue weighted by molar-refractivity contribution is 6.32. The molecule has 0 N–H and O–H groups in total. The van der Waals surface area contributed by atoms with Crippen LogP contribution in [0.4, 0.5) is 4.39 Å². The van der Waals surface area contributed by atoms with Gasteiger partial charge in [-0.3, -0.25) is 0 Å². The van der Waals surface area contributed by atoms with Crippen LogP contribution in [-0.4, -0.2) is 14.2 Å². The molecule has 0 saturated carbocycles. The molecule has 0 bridgehead atoms. The van der Waals surface area contributed by atoms with Gasteiger partial charge in [-0.15, -0.1) is 0 Å². The van der Waals surface area contributed by atoms with E-state index in [1.807, 2.05) is 6.07 Å². The largest absolute Gasteiger partial charge is 0.496 e.